The van der Waals surface area contributed by atoms with Crippen LogP contribution in [0.5, 0.6) is 5.75 Å². The number of hydrogen-bond acceptors (Lipinski definition) is 7. The molecule has 1 atom stereocenters. The Kier molecular flexibility index (Phi) is 11.6. The van der Waals surface area contributed by atoms with E-state index in [1.165, 1.54) is 34.9 Å². The second kappa shape index (κ2) is 16.5. The number of amides is 3. The maximum absolute atomic E-state index is 14.3. The van der Waals surface area contributed by atoms with Gasteiger partial charge in [-0.05, 0) is 122 Å². The van der Waals surface area contributed by atoms with Gasteiger partial charge < -0.3 is 19.5 Å². The number of fused-ring (bicyclic) bond motifs is 1. The molecule has 3 aliphatic rings. The zero-order valence-electron chi connectivity index (χ0n) is 31.7. The number of methoxy groups -OCH3 is 1. The Hall–Kier alpha value is -4.95. The summed E-state index contributed by atoms with van der Waals surface area (Å²) in [4.78, 5) is 53.6. The van der Waals surface area contributed by atoms with E-state index in [-0.39, 0.29) is 53.9 Å². The highest BCUT2D eigenvalue weighted by molar-refractivity contribution is 6.32. The van der Waals surface area contributed by atoms with Gasteiger partial charge >= 0.3 is 6.18 Å². The number of piperidine rings is 3. The fraction of sp³-hybridized carbons (Fsp3) is 0.429. The number of aryl methyl sites for hydroxylation is 1. The van der Waals surface area contributed by atoms with E-state index in [0.29, 0.717) is 78.1 Å². The van der Waals surface area contributed by atoms with Crippen LogP contribution in [0.15, 0.2) is 59.5 Å². The number of likely N-dealkylation sites (tertiary alicyclic amines) is 2. The maximum Gasteiger partial charge on any atom is 0.416 e. The number of halogens is 5. The summed E-state index contributed by atoms with van der Waals surface area (Å²) in [6.45, 7) is 2.35. The lowest BCUT2D eigenvalue weighted by atomic mass is 9.86. The average Bonchev–Trinajstić information content (AvgIpc) is 3.18. The molecule has 3 aliphatic heterocycles. The molecular formula is C42H44ClF4N5O5. The smallest absolute Gasteiger partial charge is 0.416 e. The molecule has 0 bridgehead atoms. The van der Waals surface area contributed by atoms with E-state index in [1.807, 2.05) is 12.1 Å². The molecule has 7 rings (SSSR count). The van der Waals surface area contributed by atoms with E-state index in [1.54, 1.807) is 25.3 Å². The molecule has 0 spiro atoms. The summed E-state index contributed by atoms with van der Waals surface area (Å²) in [7, 11) is 3.22. The van der Waals surface area contributed by atoms with E-state index in [0.717, 1.165) is 24.5 Å². The second-order valence-electron chi connectivity index (χ2n) is 15.3. The molecular weight excluding hydrogens is 766 g/mol. The first kappa shape index (κ1) is 40.3. The van der Waals surface area contributed by atoms with Crippen molar-refractivity contribution >= 4 is 45.8 Å². The van der Waals surface area contributed by atoms with Gasteiger partial charge in [-0.25, -0.2) is 4.39 Å². The largest absolute Gasteiger partial charge is 0.496 e. The first-order valence-corrected chi connectivity index (χ1v) is 19.5. The molecule has 0 saturated carbocycles. The van der Waals surface area contributed by atoms with Crippen LogP contribution in [-0.4, -0.2) is 78.0 Å². The van der Waals surface area contributed by atoms with Crippen LogP contribution in [0.25, 0.3) is 21.9 Å². The molecule has 0 aliphatic carbocycles. The van der Waals surface area contributed by atoms with Gasteiger partial charge in [-0.2, -0.15) is 13.2 Å². The summed E-state index contributed by atoms with van der Waals surface area (Å²) in [6.07, 6.45) is 0.473. The Labute approximate surface area is 332 Å². The molecule has 1 aromatic heterocycles. The topological polar surface area (TPSA) is 113 Å². The van der Waals surface area contributed by atoms with Gasteiger partial charge in [0.25, 0.3) is 5.56 Å². The van der Waals surface area contributed by atoms with Gasteiger partial charge in [0.15, 0.2) is 0 Å². The van der Waals surface area contributed by atoms with Crippen molar-refractivity contribution in [1.82, 2.24) is 19.7 Å². The predicted molar refractivity (Wildman–Crippen MR) is 209 cm³/mol. The van der Waals surface area contributed by atoms with Gasteiger partial charge in [0.2, 0.25) is 17.7 Å². The molecule has 3 aromatic carbocycles. The van der Waals surface area contributed by atoms with Gasteiger partial charge in [-0.1, -0.05) is 17.7 Å². The molecule has 2 N–H and O–H groups in total. The zero-order chi connectivity index (χ0) is 40.6. The van der Waals surface area contributed by atoms with E-state index >= 15 is 0 Å². The third-order valence-electron chi connectivity index (χ3n) is 11.6. The first-order chi connectivity index (χ1) is 27.2. The fourth-order valence-corrected chi connectivity index (χ4v) is 8.75. The van der Waals surface area contributed by atoms with Crippen LogP contribution in [-0.2, 0) is 34.0 Å². The van der Waals surface area contributed by atoms with Crippen molar-refractivity contribution in [2.24, 2.45) is 13.0 Å². The fourth-order valence-electron chi connectivity index (χ4n) is 8.46. The van der Waals surface area contributed by atoms with E-state index in [4.69, 9.17) is 16.3 Å². The summed E-state index contributed by atoms with van der Waals surface area (Å²) in [5, 5.41) is 6.44. The third-order valence-corrected chi connectivity index (χ3v) is 12.0. The third kappa shape index (κ3) is 8.81. The summed E-state index contributed by atoms with van der Waals surface area (Å²) in [6, 6.07) is 11.0. The van der Waals surface area contributed by atoms with Gasteiger partial charge in [0.05, 0.1) is 19.2 Å². The van der Waals surface area contributed by atoms with Gasteiger partial charge in [0, 0.05) is 60.0 Å². The van der Waals surface area contributed by atoms with E-state index in [9.17, 15) is 36.7 Å². The van der Waals surface area contributed by atoms with Crippen LogP contribution in [0.1, 0.15) is 61.1 Å². The standard InChI is InChI=1S/C42H44ClF4N5O5/c1-50-22-33(31-20-27(44)3-5-30(31)41(50)56)26-18-35(43)32(37(19-26)57-2)17-24-9-13-51(14-10-24)23-39(54)52-15-11-25(12-16-52)29-6-4-28(21-34(29)42(45,46)47)48-36-7-8-38(53)49-40(36)55/h3-6,18-22,24-25,36,48H,7-17,23H2,1-2H3,(H,49,53,55). The van der Waals surface area contributed by atoms with Gasteiger partial charge in [0.1, 0.15) is 17.6 Å². The molecule has 10 nitrogen and oxygen atoms in total. The molecule has 3 fully saturated rings. The number of pyridine rings is 1. The van der Waals surface area contributed by atoms with Crippen LogP contribution in [0, 0.1) is 11.7 Å². The Morgan fingerprint density at radius 1 is 0.947 bits per heavy atom. The molecule has 4 aromatic rings. The number of carbonyl (C=O) groups excluding carboxylic acids is 3. The number of anilines is 1. The number of nitrogens with zero attached hydrogens (tertiary/aromatic N) is 3. The predicted octanol–water partition coefficient (Wildman–Crippen LogP) is 6.90. The number of carbonyl (C=O) groups is 3. The van der Waals surface area contributed by atoms with Crippen molar-refractivity contribution in [2.75, 3.05) is 45.2 Å². The molecule has 4 heterocycles. The quantitative estimate of drug-likeness (QED) is 0.140. The lowest BCUT2D eigenvalue weighted by Crippen LogP contribution is -2.47. The second-order valence-corrected chi connectivity index (χ2v) is 15.7. The Morgan fingerprint density at radius 3 is 2.37 bits per heavy atom. The van der Waals surface area contributed by atoms with Crippen molar-refractivity contribution in [3.63, 3.8) is 0 Å². The average molecular weight is 810 g/mol. The number of alkyl halides is 3. The van der Waals surface area contributed by atoms with Crippen molar-refractivity contribution < 1.29 is 36.7 Å². The van der Waals surface area contributed by atoms with Crippen LogP contribution < -0.4 is 20.9 Å². The zero-order valence-corrected chi connectivity index (χ0v) is 32.4. The monoisotopic (exact) mass is 809 g/mol. The molecule has 3 saturated heterocycles. The van der Waals surface area contributed by atoms with E-state index in [2.05, 4.69) is 15.5 Å². The minimum absolute atomic E-state index is 0.0437. The van der Waals surface area contributed by atoms with Crippen molar-refractivity contribution in [1.29, 1.82) is 0 Å². The Bertz CT molecular complexity index is 2260. The highest BCUT2D eigenvalue weighted by Crippen LogP contribution is 2.41. The van der Waals surface area contributed by atoms with Crippen LogP contribution in [0.3, 0.4) is 0 Å². The highest BCUT2D eigenvalue weighted by Gasteiger charge is 2.37. The Balaban J connectivity index is 0.934. The SMILES string of the molecule is COc1cc(-c2cn(C)c(=O)c3ccc(F)cc23)cc(Cl)c1CC1CCN(CC(=O)N2CCC(c3ccc(NC4CCC(=O)NC4=O)cc3C(F)(F)F)CC2)CC1. The normalized spacial score (nSPS) is 18.9. The van der Waals surface area contributed by atoms with Crippen LogP contribution >= 0.6 is 11.6 Å². The summed E-state index contributed by atoms with van der Waals surface area (Å²) in [5.74, 6) is -0.963. The minimum atomic E-state index is -4.61. The number of aromatic nitrogens is 1. The lowest BCUT2D eigenvalue weighted by Gasteiger charge is -2.36. The minimum Gasteiger partial charge on any atom is -0.496 e. The number of benzene rings is 3. The maximum atomic E-state index is 14.3. The van der Waals surface area contributed by atoms with Crippen LogP contribution in [0.2, 0.25) is 5.02 Å². The molecule has 57 heavy (non-hydrogen) atoms. The van der Waals surface area contributed by atoms with Crippen LogP contribution in [0.4, 0.5) is 23.2 Å². The molecule has 1 unspecified atom stereocenters. The number of ether oxygens (including phenoxy) is 1. The number of hydrogen-bond donors (Lipinski definition) is 2. The van der Waals surface area contributed by atoms with Gasteiger partial charge in [-0.15, -0.1) is 0 Å². The number of nitrogens with one attached hydrogen (secondary N) is 2. The van der Waals surface area contributed by atoms with Crippen molar-refractivity contribution in [2.45, 2.75) is 63.1 Å². The van der Waals surface area contributed by atoms with Crippen molar-refractivity contribution in [3.8, 4) is 16.9 Å². The first-order valence-electron chi connectivity index (χ1n) is 19.2. The highest BCUT2D eigenvalue weighted by atomic mass is 35.5. The van der Waals surface area contributed by atoms with Crippen molar-refractivity contribution in [3.05, 3.63) is 92.6 Å². The molecule has 3 amide bonds. The molecule has 0 radical (unpaired) electrons. The number of rotatable bonds is 9. The lowest BCUT2D eigenvalue weighted by molar-refractivity contribution is -0.139. The summed E-state index contributed by atoms with van der Waals surface area (Å²) in [5.41, 5.74) is 1.54. The molecule has 302 valence electrons. The summed E-state index contributed by atoms with van der Waals surface area (Å²) < 4.78 is 64.3. The van der Waals surface area contributed by atoms with E-state index < -0.39 is 35.4 Å². The molecule has 15 heteroatoms. The van der Waals surface area contributed by atoms with Gasteiger partial charge in [-0.3, -0.25) is 29.4 Å². The number of imide groups is 1. The summed E-state index contributed by atoms with van der Waals surface area (Å²) >= 11 is 6.89. The Morgan fingerprint density at radius 2 is 1.68 bits per heavy atom.